The predicted molar refractivity (Wildman–Crippen MR) is 120 cm³/mol. The second-order valence-corrected chi connectivity index (χ2v) is 9.35. The van der Waals surface area contributed by atoms with Gasteiger partial charge in [0.1, 0.15) is 11.3 Å². The van der Waals surface area contributed by atoms with E-state index in [1.807, 2.05) is 24.3 Å². The Balaban J connectivity index is 1.28. The molecule has 0 unspecified atom stereocenters. The Kier molecular flexibility index (Phi) is 4.92. The summed E-state index contributed by atoms with van der Waals surface area (Å²) in [5.74, 6) is 0.128. The largest absolute Gasteiger partial charge is 0.507 e. The highest BCUT2D eigenvalue weighted by Gasteiger charge is 2.42. The fourth-order valence-corrected chi connectivity index (χ4v) is 4.46. The number of phenols is 1. The summed E-state index contributed by atoms with van der Waals surface area (Å²) >= 11 is 0. The normalized spacial score (nSPS) is 21.4. The van der Waals surface area contributed by atoms with E-state index in [4.69, 9.17) is 4.42 Å². The standard InChI is InChI=1S/C25H27N3O4/c1-25(11-12-25)27-22(30)15-7-9-17(13-15)28(2)24(31)16-8-10-18(20(29)14-16)23-26-19-5-3-4-6-21(19)32-23/h3-6,8,10,14-15,17,29H,7,9,11-13H2,1-2H3,(H,27,30)/t15-,17+/m0/s1. The number of carbonyl (C=O) groups is 2. The van der Waals surface area contributed by atoms with Gasteiger partial charge in [-0.3, -0.25) is 9.59 Å². The fourth-order valence-electron chi connectivity index (χ4n) is 4.46. The molecule has 2 aromatic carbocycles. The molecule has 2 saturated carbocycles. The lowest BCUT2D eigenvalue weighted by Gasteiger charge is -2.25. The highest BCUT2D eigenvalue weighted by molar-refractivity contribution is 5.95. The van der Waals surface area contributed by atoms with Gasteiger partial charge in [-0.15, -0.1) is 0 Å². The van der Waals surface area contributed by atoms with Gasteiger partial charge in [0.05, 0.1) is 5.56 Å². The number of hydrogen-bond donors (Lipinski definition) is 2. The first-order valence-electron chi connectivity index (χ1n) is 11.1. The summed E-state index contributed by atoms with van der Waals surface area (Å²) in [6.07, 6.45) is 4.32. The molecular formula is C25H27N3O4. The number of nitrogens with zero attached hydrogens (tertiary/aromatic N) is 2. The molecular weight excluding hydrogens is 406 g/mol. The first-order valence-corrected chi connectivity index (χ1v) is 11.1. The Morgan fingerprint density at radius 2 is 1.97 bits per heavy atom. The monoisotopic (exact) mass is 433 g/mol. The summed E-state index contributed by atoms with van der Waals surface area (Å²) in [5, 5.41) is 13.7. The van der Waals surface area contributed by atoms with Crippen molar-refractivity contribution >= 4 is 22.9 Å². The van der Waals surface area contributed by atoms with Gasteiger partial charge >= 0.3 is 0 Å². The van der Waals surface area contributed by atoms with E-state index in [0.717, 1.165) is 25.7 Å². The Bertz CT molecular complexity index is 1160. The maximum absolute atomic E-state index is 13.1. The summed E-state index contributed by atoms with van der Waals surface area (Å²) in [5.41, 5.74) is 2.15. The third-order valence-electron chi connectivity index (χ3n) is 6.84. The topological polar surface area (TPSA) is 95.7 Å². The van der Waals surface area contributed by atoms with Crippen LogP contribution in [-0.4, -0.2) is 45.4 Å². The van der Waals surface area contributed by atoms with Gasteiger partial charge < -0.3 is 19.7 Å². The number of aromatic hydroxyl groups is 1. The third kappa shape index (κ3) is 3.83. The van der Waals surface area contributed by atoms with E-state index in [1.54, 1.807) is 24.1 Å². The van der Waals surface area contributed by atoms with Crippen molar-refractivity contribution in [2.75, 3.05) is 7.05 Å². The Morgan fingerprint density at radius 3 is 2.69 bits per heavy atom. The van der Waals surface area contributed by atoms with Gasteiger partial charge in [-0.1, -0.05) is 12.1 Å². The molecule has 2 amide bonds. The molecule has 32 heavy (non-hydrogen) atoms. The number of amides is 2. The van der Waals surface area contributed by atoms with Gasteiger partial charge in [-0.2, -0.15) is 0 Å². The third-order valence-corrected chi connectivity index (χ3v) is 6.84. The molecule has 2 atom stereocenters. The number of hydrogen-bond acceptors (Lipinski definition) is 5. The molecule has 2 N–H and O–H groups in total. The molecule has 1 heterocycles. The van der Waals surface area contributed by atoms with Crippen molar-refractivity contribution in [3.05, 3.63) is 48.0 Å². The zero-order valence-corrected chi connectivity index (χ0v) is 18.3. The minimum absolute atomic E-state index is 0.00381. The van der Waals surface area contributed by atoms with Crippen molar-refractivity contribution in [1.29, 1.82) is 0 Å². The molecule has 7 heteroatoms. The molecule has 0 bridgehead atoms. The van der Waals surface area contributed by atoms with Crippen molar-refractivity contribution in [3.8, 4) is 17.2 Å². The predicted octanol–water partition coefficient (Wildman–Crippen LogP) is 4.11. The van der Waals surface area contributed by atoms with Crippen LogP contribution in [0.15, 0.2) is 46.9 Å². The van der Waals surface area contributed by atoms with Crippen LogP contribution in [0.5, 0.6) is 5.75 Å². The van der Waals surface area contributed by atoms with Crippen LogP contribution in [0, 0.1) is 5.92 Å². The minimum Gasteiger partial charge on any atom is -0.507 e. The molecule has 0 aliphatic heterocycles. The summed E-state index contributed by atoms with van der Waals surface area (Å²) in [6.45, 7) is 2.07. The molecule has 0 spiro atoms. The van der Waals surface area contributed by atoms with Gasteiger partial charge in [0.25, 0.3) is 5.91 Å². The number of benzene rings is 2. The number of nitrogens with one attached hydrogen (secondary N) is 1. The van der Waals surface area contributed by atoms with E-state index in [2.05, 4.69) is 17.2 Å². The van der Waals surface area contributed by atoms with Crippen LogP contribution < -0.4 is 5.32 Å². The number of oxazole rings is 1. The number of para-hydroxylation sites is 2. The zero-order chi connectivity index (χ0) is 22.5. The van der Waals surface area contributed by atoms with Gasteiger partial charge in [0.2, 0.25) is 11.8 Å². The van der Waals surface area contributed by atoms with E-state index >= 15 is 0 Å². The van der Waals surface area contributed by atoms with Crippen molar-refractivity contribution < 1.29 is 19.1 Å². The summed E-state index contributed by atoms with van der Waals surface area (Å²) in [4.78, 5) is 31.7. The molecule has 2 aliphatic carbocycles. The Hall–Kier alpha value is -3.35. The van der Waals surface area contributed by atoms with Crippen molar-refractivity contribution in [2.24, 2.45) is 5.92 Å². The van der Waals surface area contributed by atoms with E-state index in [-0.39, 0.29) is 35.1 Å². The summed E-state index contributed by atoms with van der Waals surface area (Å²) in [7, 11) is 1.77. The van der Waals surface area contributed by atoms with E-state index in [0.29, 0.717) is 34.5 Å². The van der Waals surface area contributed by atoms with E-state index in [9.17, 15) is 14.7 Å². The van der Waals surface area contributed by atoms with Gasteiger partial charge in [0, 0.05) is 30.1 Å². The van der Waals surface area contributed by atoms with Crippen molar-refractivity contribution in [1.82, 2.24) is 15.2 Å². The number of rotatable bonds is 5. The Morgan fingerprint density at radius 1 is 1.19 bits per heavy atom. The fraction of sp³-hybridized carbons (Fsp3) is 0.400. The molecule has 7 nitrogen and oxygen atoms in total. The van der Waals surface area contributed by atoms with Crippen LogP contribution in [-0.2, 0) is 4.79 Å². The van der Waals surface area contributed by atoms with Gasteiger partial charge in [-0.25, -0.2) is 4.98 Å². The smallest absolute Gasteiger partial charge is 0.253 e. The molecule has 2 aliphatic rings. The highest BCUT2D eigenvalue weighted by Crippen LogP contribution is 2.37. The molecule has 2 fully saturated rings. The summed E-state index contributed by atoms with van der Waals surface area (Å²) < 4.78 is 5.73. The quantitative estimate of drug-likeness (QED) is 0.631. The van der Waals surface area contributed by atoms with Crippen LogP contribution in [0.3, 0.4) is 0 Å². The average Bonchev–Trinajstić information content (AvgIpc) is 3.20. The Labute approximate surface area is 186 Å². The van der Waals surface area contributed by atoms with Crippen LogP contribution >= 0.6 is 0 Å². The maximum Gasteiger partial charge on any atom is 0.253 e. The van der Waals surface area contributed by atoms with E-state index in [1.165, 1.54) is 6.07 Å². The zero-order valence-electron chi connectivity index (χ0n) is 18.3. The number of carbonyl (C=O) groups excluding carboxylic acids is 2. The van der Waals surface area contributed by atoms with Crippen molar-refractivity contribution in [2.45, 2.75) is 50.6 Å². The second-order valence-electron chi connectivity index (χ2n) is 9.35. The maximum atomic E-state index is 13.1. The number of phenolic OH excluding ortho intramolecular Hbond substituents is 1. The average molecular weight is 434 g/mol. The molecule has 0 saturated heterocycles. The SMILES string of the molecule is CN(C(=O)c1ccc(-c2nc3ccccc3o2)c(O)c1)[C@@H]1CC[C@H](C(=O)NC2(C)CC2)C1. The van der Waals surface area contributed by atoms with E-state index < -0.39 is 0 Å². The highest BCUT2D eigenvalue weighted by atomic mass is 16.3. The lowest BCUT2D eigenvalue weighted by Crippen LogP contribution is -2.39. The van der Waals surface area contributed by atoms with Gasteiger partial charge in [0.15, 0.2) is 5.58 Å². The second kappa shape index (κ2) is 7.65. The number of fused-ring (bicyclic) bond motifs is 1. The minimum atomic E-state index is -0.176. The van der Waals surface area contributed by atoms with Crippen LogP contribution in [0.2, 0.25) is 0 Å². The van der Waals surface area contributed by atoms with Crippen LogP contribution in [0.4, 0.5) is 0 Å². The summed E-state index contributed by atoms with van der Waals surface area (Å²) in [6, 6.07) is 12.2. The van der Waals surface area contributed by atoms with Crippen LogP contribution in [0.1, 0.15) is 49.4 Å². The van der Waals surface area contributed by atoms with Crippen LogP contribution in [0.25, 0.3) is 22.6 Å². The molecule has 5 rings (SSSR count). The molecule has 166 valence electrons. The molecule has 3 aromatic rings. The lowest BCUT2D eigenvalue weighted by molar-refractivity contribution is -0.125. The molecule has 1 aromatic heterocycles. The van der Waals surface area contributed by atoms with Gasteiger partial charge in [-0.05, 0) is 69.4 Å². The first-order chi connectivity index (χ1) is 15.3. The first kappa shape index (κ1) is 20.5. The van der Waals surface area contributed by atoms with Crippen molar-refractivity contribution in [3.63, 3.8) is 0 Å². The lowest BCUT2D eigenvalue weighted by atomic mass is 10.1. The number of aromatic nitrogens is 1. The molecule has 0 radical (unpaired) electrons.